The number of hydrogen-bond acceptors (Lipinski definition) is 6. The number of aryl methyl sites for hydroxylation is 2. The van der Waals surface area contributed by atoms with Gasteiger partial charge in [-0.05, 0) is 48.3 Å². The summed E-state index contributed by atoms with van der Waals surface area (Å²) in [6, 6.07) is 11.0. The Morgan fingerprint density at radius 2 is 2.07 bits per heavy atom. The molecular formula is C20H19N5O2. The van der Waals surface area contributed by atoms with Crippen molar-refractivity contribution in [1.82, 2.24) is 19.7 Å². The number of rotatable bonds is 5. The Morgan fingerprint density at radius 1 is 1.19 bits per heavy atom. The number of hydrogen-bond donors (Lipinski definition) is 1. The van der Waals surface area contributed by atoms with E-state index in [1.807, 2.05) is 31.2 Å². The highest BCUT2D eigenvalue weighted by atomic mass is 16.5. The molecule has 0 radical (unpaired) electrons. The Labute approximate surface area is 155 Å². The Kier molecular flexibility index (Phi) is 4.42. The van der Waals surface area contributed by atoms with E-state index in [0.717, 1.165) is 40.7 Å². The lowest BCUT2D eigenvalue weighted by Gasteiger charge is -2.14. The fourth-order valence-corrected chi connectivity index (χ4v) is 3.01. The lowest BCUT2D eigenvalue weighted by atomic mass is 10.1. The fraction of sp³-hybridized carbons (Fsp3) is 0.200. The number of fused-ring (bicyclic) bond motifs is 1. The first-order valence-electron chi connectivity index (χ1n) is 8.82. The molecule has 0 saturated carbocycles. The van der Waals surface area contributed by atoms with Crippen LogP contribution in [-0.4, -0.2) is 19.7 Å². The molecule has 0 aliphatic heterocycles. The van der Waals surface area contributed by atoms with E-state index in [1.165, 1.54) is 0 Å². The molecule has 0 bridgehead atoms. The molecule has 0 unspecified atom stereocenters. The minimum absolute atomic E-state index is 0.0984. The van der Waals surface area contributed by atoms with Crippen LogP contribution in [0.25, 0.3) is 16.6 Å². The molecule has 4 aromatic rings. The lowest BCUT2D eigenvalue weighted by molar-refractivity contribution is 0.378. The second-order valence-electron chi connectivity index (χ2n) is 6.33. The molecule has 136 valence electrons. The number of benzene rings is 1. The molecule has 0 atom stereocenters. The maximum atomic E-state index is 12.6. The minimum Gasteiger partial charge on any atom is -0.337 e. The predicted octanol–water partition coefficient (Wildman–Crippen LogP) is 3.77. The van der Waals surface area contributed by atoms with E-state index < -0.39 is 0 Å². The molecule has 0 aliphatic carbocycles. The molecule has 0 fully saturated rings. The van der Waals surface area contributed by atoms with Gasteiger partial charge in [-0.25, -0.2) is 0 Å². The van der Waals surface area contributed by atoms with E-state index in [1.54, 1.807) is 29.1 Å². The molecule has 3 aromatic heterocycles. The average Bonchev–Trinajstić information content (AvgIpc) is 3.11. The molecule has 3 heterocycles. The van der Waals surface area contributed by atoms with Crippen LogP contribution in [-0.2, 0) is 6.42 Å². The molecule has 27 heavy (non-hydrogen) atoms. The quantitative estimate of drug-likeness (QED) is 0.582. The van der Waals surface area contributed by atoms with Crippen molar-refractivity contribution < 1.29 is 4.52 Å². The molecule has 0 amide bonds. The normalized spacial score (nSPS) is 11.0. The van der Waals surface area contributed by atoms with Gasteiger partial charge in [0.15, 0.2) is 0 Å². The predicted molar refractivity (Wildman–Crippen MR) is 104 cm³/mol. The van der Waals surface area contributed by atoms with Crippen molar-refractivity contribution in [1.29, 1.82) is 0 Å². The summed E-state index contributed by atoms with van der Waals surface area (Å²) in [5.41, 5.74) is 3.25. The fourth-order valence-electron chi connectivity index (χ4n) is 3.01. The second kappa shape index (κ2) is 7.03. The molecule has 1 N–H and O–H groups in total. The summed E-state index contributed by atoms with van der Waals surface area (Å²) in [6.07, 6.45) is 5.12. The maximum absolute atomic E-state index is 12.6. The van der Waals surface area contributed by atoms with Gasteiger partial charge in [0.1, 0.15) is 0 Å². The second-order valence-corrected chi connectivity index (χ2v) is 6.33. The van der Waals surface area contributed by atoms with Crippen molar-refractivity contribution in [2.45, 2.75) is 26.7 Å². The summed E-state index contributed by atoms with van der Waals surface area (Å²) < 4.78 is 6.90. The Bertz CT molecular complexity index is 1160. The van der Waals surface area contributed by atoms with Gasteiger partial charge in [-0.15, -0.1) is 0 Å². The summed E-state index contributed by atoms with van der Waals surface area (Å²) >= 11 is 0. The van der Waals surface area contributed by atoms with Crippen LogP contribution in [0.1, 0.15) is 24.8 Å². The van der Waals surface area contributed by atoms with Gasteiger partial charge in [0.25, 0.3) is 11.5 Å². The zero-order valence-corrected chi connectivity index (χ0v) is 15.1. The Morgan fingerprint density at radius 3 is 2.93 bits per heavy atom. The molecule has 4 rings (SSSR count). The number of anilines is 2. The summed E-state index contributed by atoms with van der Waals surface area (Å²) in [5, 5.41) is 7.99. The molecular weight excluding hydrogens is 342 g/mol. The van der Waals surface area contributed by atoms with Crippen molar-refractivity contribution in [3.8, 4) is 5.69 Å². The zero-order valence-electron chi connectivity index (χ0n) is 15.1. The SMILES string of the molecule is CCCc1nc(Nc2ccc(C)c(-n3c(=O)ccc4cnccc43)c2)no1. The van der Waals surface area contributed by atoms with E-state index in [-0.39, 0.29) is 5.56 Å². The van der Waals surface area contributed by atoms with E-state index in [9.17, 15) is 4.79 Å². The van der Waals surface area contributed by atoms with Crippen LogP contribution in [0.15, 0.2) is 58.1 Å². The van der Waals surface area contributed by atoms with Crippen LogP contribution >= 0.6 is 0 Å². The molecule has 0 spiro atoms. The molecule has 0 aliphatic rings. The van der Waals surface area contributed by atoms with Crippen LogP contribution in [0.4, 0.5) is 11.6 Å². The summed E-state index contributed by atoms with van der Waals surface area (Å²) in [4.78, 5) is 21.1. The van der Waals surface area contributed by atoms with Gasteiger partial charge in [-0.1, -0.05) is 13.0 Å². The van der Waals surface area contributed by atoms with Gasteiger partial charge >= 0.3 is 0 Å². The summed E-state index contributed by atoms with van der Waals surface area (Å²) in [7, 11) is 0. The largest absolute Gasteiger partial charge is 0.337 e. The third-order valence-electron chi connectivity index (χ3n) is 4.33. The minimum atomic E-state index is -0.0984. The Hall–Kier alpha value is -3.48. The number of aromatic nitrogens is 4. The highest BCUT2D eigenvalue weighted by Crippen LogP contribution is 2.23. The van der Waals surface area contributed by atoms with Crippen LogP contribution in [0.2, 0.25) is 0 Å². The van der Waals surface area contributed by atoms with Crippen molar-refractivity contribution in [3.63, 3.8) is 0 Å². The highest BCUT2D eigenvalue weighted by Gasteiger charge is 2.11. The smallest absolute Gasteiger partial charge is 0.267 e. The van der Waals surface area contributed by atoms with Crippen LogP contribution < -0.4 is 10.9 Å². The van der Waals surface area contributed by atoms with Crippen LogP contribution in [0.3, 0.4) is 0 Å². The average molecular weight is 361 g/mol. The van der Waals surface area contributed by atoms with Gasteiger partial charge in [0.2, 0.25) is 5.89 Å². The molecule has 7 heteroatoms. The van der Waals surface area contributed by atoms with E-state index >= 15 is 0 Å². The van der Waals surface area contributed by atoms with Crippen LogP contribution in [0.5, 0.6) is 0 Å². The molecule has 0 saturated heterocycles. The first-order chi connectivity index (χ1) is 13.2. The third kappa shape index (κ3) is 3.31. The van der Waals surface area contributed by atoms with Crippen LogP contribution in [0, 0.1) is 6.92 Å². The van der Waals surface area contributed by atoms with Gasteiger partial charge < -0.3 is 9.84 Å². The number of pyridine rings is 2. The molecule has 7 nitrogen and oxygen atoms in total. The summed E-state index contributed by atoms with van der Waals surface area (Å²) in [5.74, 6) is 1.01. The standard InChI is InChI=1S/C20H19N5O2/c1-3-4-18-23-20(24-27-18)22-15-7-5-13(2)17(11-15)25-16-9-10-21-12-14(16)6-8-19(25)26/h5-12H,3-4H2,1-2H3,(H,22,24). The monoisotopic (exact) mass is 361 g/mol. The first-order valence-corrected chi connectivity index (χ1v) is 8.82. The van der Waals surface area contributed by atoms with Gasteiger partial charge in [0.05, 0.1) is 11.2 Å². The lowest BCUT2D eigenvalue weighted by Crippen LogP contribution is -2.18. The van der Waals surface area contributed by atoms with Gasteiger partial charge in [0, 0.05) is 36.0 Å². The van der Waals surface area contributed by atoms with Gasteiger partial charge in [-0.3, -0.25) is 14.3 Å². The van der Waals surface area contributed by atoms with Crippen molar-refractivity contribution in [2.75, 3.05) is 5.32 Å². The van der Waals surface area contributed by atoms with Crippen molar-refractivity contribution in [3.05, 3.63) is 70.6 Å². The van der Waals surface area contributed by atoms with Crippen molar-refractivity contribution >= 4 is 22.5 Å². The summed E-state index contributed by atoms with van der Waals surface area (Å²) in [6.45, 7) is 4.03. The van der Waals surface area contributed by atoms with E-state index in [0.29, 0.717) is 11.8 Å². The highest BCUT2D eigenvalue weighted by molar-refractivity contribution is 5.80. The van der Waals surface area contributed by atoms with E-state index in [4.69, 9.17) is 4.52 Å². The third-order valence-corrected chi connectivity index (χ3v) is 4.33. The Balaban J connectivity index is 1.77. The van der Waals surface area contributed by atoms with E-state index in [2.05, 4.69) is 27.4 Å². The van der Waals surface area contributed by atoms with Crippen molar-refractivity contribution in [2.24, 2.45) is 0 Å². The number of nitrogens with zero attached hydrogens (tertiary/aromatic N) is 4. The molecule has 1 aromatic carbocycles. The zero-order chi connectivity index (χ0) is 18.8. The van der Waals surface area contributed by atoms with Gasteiger partial charge in [-0.2, -0.15) is 4.98 Å². The number of nitrogens with one attached hydrogen (secondary N) is 1. The topological polar surface area (TPSA) is 85.8 Å². The maximum Gasteiger partial charge on any atom is 0.267 e. The first kappa shape index (κ1) is 17.0.